The maximum atomic E-state index is 9.48. The van der Waals surface area contributed by atoms with Crippen molar-refractivity contribution in [1.29, 1.82) is 0 Å². The van der Waals surface area contributed by atoms with Crippen LogP contribution in [0.5, 0.6) is 5.75 Å². The van der Waals surface area contributed by atoms with Crippen LogP contribution in [0.4, 0.5) is 5.95 Å². The smallest absolute Gasteiger partial charge is 0.227 e. The molecule has 0 fully saturated rings. The Bertz CT molecular complexity index is 595. The summed E-state index contributed by atoms with van der Waals surface area (Å²) < 4.78 is 0. The van der Waals surface area contributed by atoms with Gasteiger partial charge in [-0.1, -0.05) is 12.1 Å². The number of phenols is 1. The number of nitrogens with one attached hydrogen (secondary N) is 1. The Kier molecular flexibility index (Phi) is 3.57. The Morgan fingerprint density at radius 2 is 1.89 bits per heavy atom. The van der Waals surface area contributed by atoms with E-state index in [0.29, 0.717) is 17.3 Å². The summed E-state index contributed by atoms with van der Waals surface area (Å²) in [4.78, 5) is 12.4. The molecule has 100 valence electrons. The highest BCUT2D eigenvalue weighted by molar-refractivity contribution is 6.28. The number of anilines is 1. The van der Waals surface area contributed by atoms with Gasteiger partial charge in [0.1, 0.15) is 5.75 Å². The van der Waals surface area contributed by atoms with Gasteiger partial charge in [0.05, 0.1) is 0 Å². The molecule has 0 saturated heterocycles. The highest BCUT2D eigenvalue weighted by Crippen LogP contribution is 2.22. The molecule has 0 aliphatic heterocycles. The van der Waals surface area contributed by atoms with Crippen molar-refractivity contribution in [3.63, 3.8) is 0 Å². The summed E-state index contributed by atoms with van der Waals surface area (Å²) in [5.41, 5.74) is 0.502. The number of hydrogen-bond donors (Lipinski definition) is 2. The minimum Gasteiger partial charge on any atom is -0.508 e. The molecule has 2 rings (SSSR count). The highest BCUT2D eigenvalue weighted by Gasteiger charge is 2.14. The summed E-state index contributed by atoms with van der Waals surface area (Å²) in [6, 6.07) is 6.68. The van der Waals surface area contributed by atoms with Crippen molar-refractivity contribution < 1.29 is 5.11 Å². The van der Waals surface area contributed by atoms with Crippen molar-refractivity contribution in [2.24, 2.45) is 0 Å². The minimum absolute atomic E-state index is 0.111. The van der Waals surface area contributed by atoms with E-state index >= 15 is 0 Å². The van der Waals surface area contributed by atoms with E-state index in [0.717, 1.165) is 0 Å². The van der Waals surface area contributed by atoms with Gasteiger partial charge in [0.15, 0.2) is 5.82 Å². The van der Waals surface area contributed by atoms with Crippen LogP contribution in [-0.2, 0) is 0 Å². The largest absolute Gasteiger partial charge is 0.508 e. The summed E-state index contributed by atoms with van der Waals surface area (Å²) in [5.74, 6) is 0.979. The Labute approximate surface area is 116 Å². The maximum Gasteiger partial charge on any atom is 0.227 e. The molecular weight excluding hydrogens is 264 g/mol. The normalized spacial score (nSPS) is 11.4. The zero-order valence-electron chi connectivity index (χ0n) is 11.0. The Balaban J connectivity index is 2.42. The SMILES string of the molecule is CC(C)(C)Nc1nc(Cl)nc(-c2cccc(O)c2)n1. The van der Waals surface area contributed by atoms with Gasteiger partial charge in [0.25, 0.3) is 0 Å². The summed E-state index contributed by atoms with van der Waals surface area (Å²) in [5, 5.41) is 12.7. The third kappa shape index (κ3) is 3.79. The van der Waals surface area contributed by atoms with Crippen LogP contribution in [0.1, 0.15) is 20.8 Å². The van der Waals surface area contributed by atoms with Crippen molar-refractivity contribution in [2.75, 3.05) is 5.32 Å². The molecule has 0 amide bonds. The van der Waals surface area contributed by atoms with E-state index in [-0.39, 0.29) is 16.6 Å². The lowest BCUT2D eigenvalue weighted by atomic mass is 10.1. The fraction of sp³-hybridized carbons (Fsp3) is 0.308. The van der Waals surface area contributed by atoms with Crippen LogP contribution in [0.25, 0.3) is 11.4 Å². The van der Waals surface area contributed by atoms with Crippen LogP contribution in [0.15, 0.2) is 24.3 Å². The van der Waals surface area contributed by atoms with Gasteiger partial charge < -0.3 is 10.4 Å². The van der Waals surface area contributed by atoms with Gasteiger partial charge in [-0.2, -0.15) is 15.0 Å². The summed E-state index contributed by atoms with van der Waals surface area (Å²) >= 11 is 5.90. The van der Waals surface area contributed by atoms with Crippen LogP contribution in [0.3, 0.4) is 0 Å². The molecule has 1 aromatic carbocycles. The molecule has 6 heteroatoms. The Morgan fingerprint density at radius 1 is 1.16 bits per heavy atom. The molecule has 1 heterocycles. The van der Waals surface area contributed by atoms with Gasteiger partial charge in [0, 0.05) is 11.1 Å². The first kappa shape index (κ1) is 13.5. The van der Waals surface area contributed by atoms with Gasteiger partial charge in [0.2, 0.25) is 11.2 Å². The number of benzene rings is 1. The first-order chi connectivity index (χ1) is 8.83. The molecule has 19 heavy (non-hydrogen) atoms. The standard InChI is InChI=1S/C13H15ClN4O/c1-13(2,3)18-12-16-10(15-11(14)17-12)8-5-4-6-9(19)7-8/h4-7,19H,1-3H3,(H,15,16,17,18). The summed E-state index contributed by atoms with van der Waals surface area (Å²) in [7, 11) is 0. The molecule has 1 aromatic heterocycles. The Hall–Kier alpha value is -1.88. The van der Waals surface area contributed by atoms with E-state index in [1.165, 1.54) is 0 Å². The lowest BCUT2D eigenvalue weighted by Gasteiger charge is -2.20. The lowest BCUT2D eigenvalue weighted by molar-refractivity contribution is 0.475. The second kappa shape index (κ2) is 5.01. The molecule has 0 saturated carbocycles. The van der Waals surface area contributed by atoms with Gasteiger partial charge >= 0.3 is 0 Å². The van der Waals surface area contributed by atoms with Crippen LogP contribution < -0.4 is 5.32 Å². The molecule has 0 bridgehead atoms. The average Bonchev–Trinajstić information content (AvgIpc) is 2.25. The van der Waals surface area contributed by atoms with Gasteiger partial charge in [-0.05, 0) is 44.5 Å². The van der Waals surface area contributed by atoms with Gasteiger partial charge in [-0.15, -0.1) is 0 Å². The van der Waals surface area contributed by atoms with E-state index < -0.39 is 0 Å². The third-order valence-corrected chi connectivity index (χ3v) is 2.37. The second-order valence-corrected chi connectivity index (χ2v) is 5.52. The highest BCUT2D eigenvalue weighted by atomic mass is 35.5. The lowest BCUT2D eigenvalue weighted by Crippen LogP contribution is -2.27. The molecule has 2 aromatic rings. The number of nitrogens with zero attached hydrogens (tertiary/aromatic N) is 3. The van der Waals surface area contributed by atoms with E-state index in [2.05, 4.69) is 20.3 Å². The molecule has 0 radical (unpaired) electrons. The number of aromatic hydroxyl groups is 1. The quantitative estimate of drug-likeness (QED) is 0.883. The molecule has 5 nitrogen and oxygen atoms in total. The first-order valence-corrected chi connectivity index (χ1v) is 6.20. The van der Waals surface area contributed by atoms with Gasteiger partial charge in [-0.3, -0.25) is 0 Å². The van der Waals surface area contributed by atoms with E-state index in [4.69, 9.17) is 11.6 Å². The summed E-state index contributed by atoms with van der Waals surface area (Å²) in [6.45, 7) is 6.00. The van der Waals surface area contributed by atoms with Crippen molar-refractivity contribution in [3.8, 4) is 17.1 Å². The van der Waals surface area contributed by atoms with Crippen molar-refractivity contribution in [2.45, 2.75) is 26.3 Å². The number of aromatic nitrogens is 3. The van der Waals surface area contributed by atoms with Crippen molar-refractivity contribution in [3.05, 3.63) is 29.5 Å². The monoisotopic (exact) mass is 278 g/mol. The minimum atomic E-state index is -0.180. The summed E-state index contributed by atoms with van der Waals surface area (Å²) in [6.07, 6.45) is 0. The number of rotatable bonds is 2. The number of halogens is 1. The molecule has 2 N–H and O–H groups in total. The van der Waals surface area contributed by atoms with Gasteiger partial charge in [-0.25, -0.2) is 0 Å². The average molecular weight is 279 g/mol. The topological polar surface area (TPSA) is 70.9 Å². The number of hydrogen-bond acceptors (Lipinski definition) is 5. The third-order valence-electron chi connectivity index (χ3n) is 2.20. The fourth-order valence-corrected chi connectivity index (χ4v) is 1.68. The molecular formula is C13H15ClN4O. The predicted molar refractivity (Wildman–Crippen MR) is 75.3 cm³/mol. The fourth-order valence-electron chi connectivity index (χ4n) is 1.52. The van der Waals surface area contributed by atoms with Crippen LogP contribution >= 0.6 is 11.6 Å². The number of phenolic OH excluding ortho intramolecular Hbond substituents is 1. The molecule has 0 aliphatic rings. The van der Waals surface area contributed by atoms with E-state index in [1.54, 1.807) is 24.3 Å². The molecule has 0 aliphatic carbocycles. The van der Waals surface area contributed by atoms with Crippen molar-refractivity contribution in [1.82, 2.24) is 15.0 Å². The Morgan fingerprint density at radius 3 is 2.53 bits per heavy atom. The van der Waals surface area contributed by atoms with Crippen LogP contribution in [0, 0.1) is 0 Å². The van der Waals surface area contributed by atoms with E-state index in [1.807, 2.05) is 20.8 Å². The van der Waals surface area contributed by atoms with Crippen LogP contribution in [-0.4, -0.2) is 25.6 Å². The zero-order chi connectivity index (χ0) is 14.0. The second-order valence-electron chi connectivity index (χ2n) is 5.18. The van der Waals surface area contributed by atoms with Crippen molar-refractivity contribution >= 4 is 17.5 Å². The molecule has 0 unspecified atom stereocenters. The maximum absolute atomic E-state index is 9.48. The predicted octanol–water partition coefficient (Wildman–Crippen LogP) is 3.11. The molecule has 0 spiro atoms. The van der Waals surface area contributed by atoms with Crippen LogP contribution in [0.2, 0.25) is 5.28 Å². The molecule has 0 atom stereocenters. The zero-order valence-corrected chi connectivity index (χ0v) is 11.7. The van der Waals surface area contributed by atoms with E-state index in [9.17, 15) is 5.11 Å². The first-order valence-electron chi connectivity index (χ1n) is 5.83.